The summed E-state index contributed by atoms with van der Waals surface area (Å²) in [5.74, 6) is 4.08. The Labute approximate surface area is 160 Å². The first kappa shape index (κ1) is 25.0. The van der Waals surface area contributed by atoms with Gasteiger partial charge in [-0.15, -0.1) is 0 Å². The van der Waals surface area contributed by atoms with E-state index in [0.29, 0.717) is 35.9 Å². The zero-order valence-corrected chi connectivity index (χ0v) is 19.3. The maximum absolute atomic E-state index is 7.00. The normalized spacial score (nSPS) is 19.7. The Balaban J connectivity index is 5.31. The molecule has 0 fully saturated rings. The average Bonchev–Trinajstić information content (AvgIpc) is 2.46. The number of hydrogen-bond acceptors (Lipinski definition) is 1. The molecule has 0 spiro atoms. The summed E-state index contributed by atoms with van der Waals surface area (Å²) in [7, 11) is 0. The van der Waals surface area contributed by atoms with E-state index >= 15 is 0 Å². The van der Waals surface area contributed by atoms with E-state index in [9.17, 15) is 0 Å². The molecule has 6 unspecified atom stereocenters. The van der Waals surface area contributed by atoms with E-state index in [1.807, 2.05) is 0 Å². The smallest absolute Gasteiger partial charge is 0.0630 e. The van der Waals surface area contributed by atoms with Crippen molar-refractivity contribution >= 4 is 0 Å². The van der Waals surface area contributed by atoms with E-state index in [1.54, 1.807) is 0 Å². The molecule has 0 saturated carbocycles. The van der Waals surface area contributed by atoms with Crippen molar-refractivity contribution in [2.24, 2.45) is 35.5 Å². The molecule has 0 heterocycles. The second-order valence-electron chi connectivity index (χ2n) is 9.81. The van der Waals surface area contributed by atoms with Gasteiger partial charge in [-0.05, 0) is 61.2 Å². The van der Waals surface area contributed by atoms with Gasteiger partial charge in [0.2, 0.25) is 0 Å². The van der Waals surface area contributed by atoms with Crippen LogP contribution in [-0.4, -0.2) is 12.2 Å². The molecule has 25 heavy (non-hydrogen) atoms. The van der Waals surface area contributed by atoms with Gasteiger partial charge in [0, 0.05) is 0 Å². The molecule has 0 aliphatic carbocycles. The third-order valence-electron chi connectivity index (χ3n) is 5.73. The molecular formula is C24H50O. The highest BCUT2D eigenvalue weighted by atomic mass is 16.5. The number of ether oxygens (including phenoxy) is 1. The van der Waals surface area contributed by atoms with Crippen molar-refractivity contribution in [2.45, 2.75) is 120 Å². The summed E-state index contributed by atoms with van der Waals surface area (Å²) in [5, 5.41) is 0. The van der Waals surface area contributed by atoms with Crippen LogP contribution in [0.4, 0.5) is 0 Å². The van der Waals surface area contributed by atoms with E-state index < -0.39 is 0 Å². The summed E-state index contributed by atoms with van der Waals surface area (Å²) in [5.41, 5.74) is 0. The Morgan fingerprint density at radius 3 is 1.08 bits per heavy atom. The van der Waals surface area contributed by atoms with Crippen LogP contribution < -0.4 is 0 Å². The van der Waals surface area contributed by atoms with Crippen LogP contribution >= 0.6 is 0 Å². The average molecular weight is 355 g/mol. The second-order valence-corrected chi connectivity index (χ2v) is 9.81. The van der Waals surface area contributed by atoms with Crippen molar-refractivity contribution < 1.29 is 4.74 Å². The van der Waals surface area contributed by atoms with Crippen LogP contribution in [0, 0.1) is 35.5 Å². The lowest BCUT2D eigenvalue weighted by Crippen LogP contribution is -2.40. The van der Waals surface area contributed by atoms with Crippen LogP contribution in [-0.2, 0) is 4.74 Å². The van der Waals surface area contributed by atoms with Crippen LogP contribution in [0.25, 0.3) is 0 Å². The largest absolute Gasteiger partial charge is 0.374 e. The van der Waals surface area contributed by atoms with Crippen LogP contribution in [0.2, 0.25) is 0 Å². The standard InChI is InChI=1S/C24H50O/c1-11-13-19(7)23(21(9)15-17(3)4)25-24(20(8)14-12-2)22(10)16-18(5)6/h17-24H,11-16H2,1-10H3. The molecule has 0 aliphatic heterocycles. The summed E-state index contributed by atoms with van der Waals surface area (Å²) in [6, 6.07) is 0. The Kier molecular flexibility index (Phi) is 13.2. The summed E-state index contributed by atoms with van der Waals surface area (Å²) >= 11 is 0. The molecule has 0 aliphatic rings. The first-order valence-corrected chi connectivity index (χ1v) is 11.3. The summed E-state index contributed by atoms with van der Waals surface area (Å²) in [6.07, 6.45) is 8.42. The van der Waals surface area contributed by atoms with Crippen LogP contribution in [0.15, 0.2) is 0 Å². The summed E-state index contributed by atoms with van der Waals surface area (Å²) in [4.78, 5) is 0. The fraction of sp³-hybridized carbons (Fsp3) is 1.00. The molecule has 0 bridgehead atoms. The molecule has 152 valence electrons. The van der Waals surface area contributed by atoms with Gasteiger partial charge in [-0.3, -0.25) is 0 Å². The van der Waals surface area contributed by atoms with Crippen molar-refractivity contribution in [1.29, 1.82) is 0 Å². The predicted octanol–water partition coefficient (Wildman–Crippen LogP) is 7.98. The highest BCUT2D eigenvalue weighted by Crippen LogP contribution is 2.33. The van der Waals surface area contributed by atoms with Gasteiger partial charge in [-0.25, -0.2) is 0 Å². The van der Waals surface area contributed by atoms with E-state index in [4.69, 9.17) is 4.74 Å². The van der Waals surface area contributed by atoms with Crippen molar-refractivity contribution in [3.8, 4) is 0 Å². The third kappa shape index (κ3) is 10.0. The highest BCUT2D eigenvalue weighted by Gasteiger charge is 2.32. The molecule has 1 nitrogen and oxygen atoms in total. The lowest BCUT2D eigenvalue weighted by Gasteiger charge is -2.39. The Morgan fingerprint density at radius 1 is 0.520 bits per heavy atom. The van der Waals surface area contributed by atoms with Crippen LogP contribution in [0.1, 0.15) is 108 Å². The van der Waals surface area contributed by atoms with E-state index in [1.165, 1.54) is 38.5 Å². The minimum atomic E-state index is 0.404. The van der Waals surface area contributed by atoms with Gasteiger partial charge in [0.15, 0.2) is 0 Å². The fourth-order valence-electron chi connectivity index (χ4n) is 4.83. The molecule has 0 N–H and O–H groups in total. The first-order chi connectivity index (χ1) is 11.6. The molecule has 1 heteroatoms. The molecule has 0 aromatic heterocycles. The molecule has 6 atom stereocenters. The maximum atomic E-state index is 7.00. The third-order valence-corrected chi connectivity index (χ3v) is 5.73. The highest BCUT2D eigenvalue weighted by molar-refractivity contribution is 4.80. The van der Waals surface area contributed by atoms with Crippen molar-refractivity contribution in [3.63, 3.8) is 0 Å². The van der Waals surface area contributed by atoms with E-state index in [2.05, 4.69) is 69.2 Å². The fourth-order valence-corrected chi connectivity index (χ4v) is 4.83. The molecular weight excluding hydrogens is 304 g/mol. The van der Waals surface area contributed by atoms with Crippen molar-refractivity contribution in [1.82, 2.24) is 0 Å². The Morgan fingerprint density at radius 2 is 0.840 bits per heavy atom. The zero-order valence-electron chi connectivity index (χ0n) is 19.3. The predicted molar refractivity (Wildman–Crippen MR) is 114 cm³/mol. The molecule has 0 radical (unpaired) electrons. The quantitative estimate of drug-likeness (QED) is 0.307. The van der Waals surface area contributed by atoms with E-state index in [-0.39, 0.29) is 0 Å². The molecule has 0 rings (SSSR count). The van der Waals surface area contributed by atoms with Crippen LogP contribution in [0.5, 0.6) is 0 Å². The lowest BCUT2D eigenvalue weighted by molar-refractivity contribution is -0.115. The molecule has 0 amide bonds. The van der Waals surface area contributed by atoms with Gasteiger partial charge in [0.05, 0.1) is 12.2 Å². The Bertz CT molecular complexity index is 279. The van der Waals surface area contributed by atoms with Gasteiger partial charge < -0.3 is 4.74 Å². The summed E-state index contributed by atoms with van der Waals surface area (Å²) < 4.78 is 7.00. The molecule has 0 saturated heterocycles. The number of hydrogen-bond donors (Lipinski definition) is 0. The second kappa shape index (κ2) is 13.2. The van der Waals surface area contributed by atoms with Gasteiger partial charge in [-0.2, -0.15) is 0 Å². The van der Waals surface area contributed by atoms with Gasteiger partial charge in [0.25, 0.3) is 0 Å². The monoisotopic (exact) mass is 354 g/mol. The SMILES string of the molecule is CCCC(C)C(OC(C(C)CCC)C(C)CC(C)C)C(C)CC(C)C. The Hall–Kier alpha value is -0.0400. The molecule has 0 aromatic carbocycles. The van der Waals surface area contributed by atoms with Gasteiger partial charge in [0.1, 0.15) is 0 Å². The van der Waals surface area contributed by atoms with E-state index in [0.717, 1.165) is 11.8 Å². The number of rotatable bonds is 14. The maximum Gasteiger partial charge on any atom is 0.0630 e. The minimum Gasteiger partial charge on any atom is -0.374 e. The molecule has 0 aromatic rings. The van der Waals surface area contributed by atoms with Gasteiger partial charge in [-0.1, -0.05) is 82.1 Å². The lowest BCUT2D eigenvalue weighted by atomic mass is 9.82. The minimum absolute atomic E-state index is 0.404. The van der Waals surface area contributed by atoms with Crippen LogP contribution in [0.3, 0.4) is 0 Å². The first-order valence-electron chi connectivity index (χ1n) is 11.3. The van der Waals surface area contributed by atoms with Crippen molar-refractivity contribution in [2.75, 3.05) is 0 Å². The van der Waals surface area contributed by atoms with Gasteiger partial charge >= 0.3 is 0 Å². The van der Waals surface area contributed by atoms with Crippen molar-refractivity contribution in [3.05, 3.63) is 0 Å². The topological polar surface area (TPSA) is 9.23 Å². The summed E-state index contributed by atoms with van der Waals surface area (Å²) in [6.45, 7) is 23.7. The zero-order chi connectivity index (χ0) is 19.6.